The first-order chi connectivity index (χ1) is 14.5. The lowest BCUT2D eigenvalue weighted by molar-refractivity contribution is -0.123. The molecule has 2 aromatic rings. The zero-order valence-corrected chi connectivity index (χ0v) is 19.6. The number of fused-ring (bicyclic) bond motifs is 1. The van der Waals surface area contributed by atoms with Crippen molar-refractivity contribution in [2.45, 2.75) is 25.7 Å². The number of hydrogen-bond acceptors (Lipinski definition) is 4. The Morgan fingerprint density at radius 1 is 1.20 bits per heavy atom. The highest BCUT2D eigenvalue weighted by Gasteiger charge is 2.32. The van der Waals surface area contributed by atoms with Crippen LogP contribution in [0.4, 0.5) is 5.69 Å². The van der Waals surface area contributed by atoms with E-state index in [1.165, 1.54) is 17.3 Å². The summed E-state index contributed by atoms with van der Waals surface area (Å²) in [6.45, 7) is 1.22. The Hall–Kier alpha value is -1.96. The molecule has 154 valence electrons. The van der Waals surface area contributed by atoms with E-state index >= 15 is 0 Å². The Morgan fingerprint density at radius 2 is 2.03 bits per heavy atom. The van der Waals surface area contributed by atoms with Crippen molar-refractivity contribution in [1.82, 2.24) is 4.90 Å². The highest BCUT2D eigenvalue weighted by molar-refractivity contribution is 9.10. The second kappa shape index (κ2) is 9.45. The molecule has 2 heterocycles. The van der Waals surface area contributed by atoms with Crippen LogP contribution in [0.2, 0.25) is 0 Å². The maximum Gasteiger partial charge on any atom is 0.266 e. The standard InChI is InChI=1S/C23H21BrN2O2S2/c24-18-9-3-6-16(14-18)15-20-22(28)26(23(29)30-20)13-5-11-21(27)25-12-4-8-17-7-1-2-10-19(17)25/h1-3,6-7,9-10,14-15H,4-5,8,11-13H2/b20-15-. The van der Waals surface area contributed by atoms with E-state index in [4.69, 9.17) is 12.2 Å². The fourth-order valence-corrected chi connectivity index (χ4v) is 5.48. The Balaban J connectivity index is 1.36. The maximum absolute atomic E-state index is 12.8. The molecule has 0 atom stereocenters. The van der Waals surface area contributed by atoms with Crippen LogP contribution in [-0.4, -0.2) is 34.1 Å². The Kier molecular flexibility index (Phi) is 6.71. The monoisotopic (exact) mass is 500 g/mol. The Morgan fingerprint density at radius 3 is 2.87 bits per heavy atom. The largest absolute Gasteiger partial charge is 0.312 e. The lowest BCUT2D eigenvalue weighted by Gasteiger charge is -2.29. The van der Waals surface area contributed by atoms with E-state index in [1.807, 2.05) is 53.4 Å². The van der Waals surface area contributed by atoms with Crippen LogP contribution in [0.25, 0.3) is 6.08 Å². The fourth-order valence-electron chi connectivity index (χ4n) is 3.76. The number of halogens is 1. The van der Waals surface area contributed by atoms with E-state index < -0.39 is 0 Å². The van der Waals surface area contributed by atoms with Crippen LogP contribution in [0.3, 0.4) is 0 Å². The number of anilines is 1. The molecular weight excluding hydrogens is 480 g/mol. The summed E-state index contributed by atoms with van der Waals surface area (Å²) in [6, 6.07) is 15.9. The van der Waals surface area contributed by atoms with Crippen LogP contribution in [0.15, 0.2) is 57.9 Å². The predicted octanol–water partition coefficient (Wildman–Crippen LogP) is 5.41. The van der Waals surface area contributed by atoms with Crippen molar-refractivity contribution < 1.29 is 9.59 Å². The van der Waals surface area contributed by atoms with E-state index in [2.05, 4.69) is 22.0 Å². The van der Waals surface area contributed by atoms with Crippen molar-refractivity contribution >= 4 is 67.8 Å². The molecule has 2 aliphatic heterocycles. The molecular formula is C23H21BrN2O2S2. The van der Waals surface area contributed by atoms with Gasteiger partial charge in [-0.15, -0.1) is 0 Å². The third-order valence-corrected chi connectivity index (χ3v) is 7.07. The number of carbonyl (C=O) groups is 2. The van der Waals surface area contributed by atoms with Gasteiger partial charge in [0.1, 0.15) is 4.32 Å². The first-order valence-electron chi connectivity index (χ1n) is 9.92. The zero-order chi connectivity index (χ0) is 21.1. The van der Waals surface area contributed by atoms with Gasteiger partial charge in [-0.2, -0.15) is 0 Å². The number of para-hydroxylation sites is 1. The van der Waals surface area contributed by atoms with E-state index in [0.717, 1.165) is 35.1 Å². The van der Waals surface area contributed by atoms with Crippen molar-refractivity contribution in [2.24, 2.45) is 0 Å². The van der Waals surface area contributed by atoms with Crippen molar-refractivity contribution in [1.29, 1.82) is 0 Å². The third kappa shape index (κ3) is 4.68. The zero-order valence-electron chi connectivity index (χ0n) is 16.3. The van der Waals surface area contributed by atoms with Crippen molar-refractivity contribution in [3.63, 3.8) is 0 Å². The minimum absolute atomic E-state index is 0.0826. The summed E-state index contributed by atoms with van der Waals surface area (Å²) in [5, 5.41) is 0. The van der Waals surface area contributed by atoms with E-state index in [0.29, 0.717) is 28.6 Å². The summed E-state index contributed by atoms with van der Waals surface area (Å²) in [5.41, 5.74) is 3.20. The number of benzene rings is 2. The molecule has 0 unspecified atom stereocenters. The summed E-state index contributed by atoms with van der Waals surface area (Å²) in [5.74, 6) is 0.0259. The molecule has 7 heteroatoms. The molecule has 4 nitrogen and oxygen atoms in total. The molecule has 1 saturated heterocycles. The number of hydrogen-bond donors (Lipinski definition) is 0. The average molecular weight is 501 g/mol. The van der Waals surface area contributed by atoms with Crippen LogP contribution in [-0.2, 0) is 16.0 Å². The Labute approximate surface area is 194 Å². The van der Waals surface area contributed by atoms with Gasteiger partial charge in [-0.05, 0) is 54.7 Å². The van der Waals surface area contributed by atoms with Gasteiger partial charge in [0.05, 0.1) is 4.91 Å². The SMILES string of the molecule is O=C1/C(=C/c2cccc(Br)c2)SC(=S)N1CCCC(=O)N1CCCc2ccccc21. The van der Waals surface area contributed by atoms with E-state index in [9.17, 15) is 9.59 Å². The van der Waals surface area contributed by atoms with Gasteiger partial charge in [0.25, 0.3) is 5.91 Å². The molecule has 1 fully saturated rings. The van der Waals surface area contributed by atoms with Crippen molar-refractivity contribution in [2.75, 3.05) is 18.0 Å². The highest BCUT2D eigenvalue weighted by atomic mass is 79.9. The molecule has 4 rings (SSSR count). The second-order valence-corrected chi connectivity index (χ2v) is 9.86. The van der Waals surface area contributed by atoms with Gasteiger partial charge in [-0.1, -0.05) is 70.2 Å². The van der Waals surface area contributed by atoms with E-state index in [-0.39, 0.29) is 11.8 Å². The molecule has 30 heavy (non-hydrogen) atoms. The summed E-state index contributed by atoms with van der Waals surface area (Å²) >= 11 is 10.2. The van der Waals surface area contributed by atoms with Gasteiger partial charge in [0, 0.05) is 29.7 Å². The van der Waals surface area contributed by atoms with Crippen molar-refractivity contribution in [3.8, 4) is 0 Å². The van der Waals surface area contributed by atoms with Crippen LogP contribution in [0.5, 0.6) is 0 Å². The molecule has 0 aromatic heterocycles. The molecule has 2 aliphatic rings. The fraction of sp³-hybridized carbons (Fsp3) is 0.261. The molecule has 0 saturated carbocycles. The molecule has 0 radical (unpaired) electrons. The third-order valence-electron chi connectivity index (χ3n) is 5.20. The lowest BCUT2D eigenvalue weighted by atomic mass is 10.0. The van der Waals surface area contributed by atoms with Gasteiger partial charge in [0.15, 0.2) is 0 Å². The number of carbonyl (C=O) groups excluding carboxylic acids is 2. The molecule has 2 amide bonds. The number of nitrogens with zero attached hydrogens (tertiary/aromatic N) is 2. The molecule has 2 aromatic carbocycles. The molecule has 0 bridgehead atoms. The van der Waals surface area contributed by atoms with Gasteiger partial charge in [-0.25, -0.2) is 0 Å². The highest BCUT2D eigenvalue weighted by Crippen LogP contribution is 2.33. The predicted molar refractivity (Wildman–Crippen MR) is 130 cm³/mol. The summed E-state index contributed by atoms with van der Waals surface area (Å²) in [4.78, 5) is 29.7. The van der Waals surface area contributed by atoms with Gasteiger partial charge >= 0.3 is 0 Å². The van der Waals surface area contributed by atoms with Crippen molar-refractivity contribution in [3.05, 3.63) is 69.0 Å². The number of rotatable bonds is 5. The van der Waals surface area contributed by atoms with Crippen LogP contribution >= 0.6 is 39.9 Å². The minimum atomic E-state index is -0.0826. The topological polar surface area (TPSA) is 40.6 Å². The molecule has 0 spiro atoms. The Bertz CT molecular complexity index is 1040. The first kappa shape index (κ1) is 21.3. The minimum Gasteiger partial charge on any atom is -0.312 e. The summed E-state index contributed by atoms with van der Waals surface area (Å²) in [6.07, 6.45) is 4.85. The number of thioether (sulfide) groups is 1. The number of aryl methyl sites for hydroxylation is 1. The van der Waals surface area contributed by atoms with Crippen LogP contribution < -0.4 is 4.90 Å². The van der Waals surface area contributed by atoms with Crippen LogP contribution in [0.1, 0.15) is 30.4 Å². The average Bonchev–Trinajstić information content (AvgIpc) is 3.00. The van der Waals surface area contributed by atoms with Gasteiger partial charge < -0.3 is 4.90 Å². The smallest absolute Gasteiger partial charge is 0.266 e. The molecule has 0 N–H and O–H groups in total. The number of amides is 2. The first-order valence-corrected chi connectivity index (χ1v) is 11.9. The molecule has 0 aliphatic carbocycles. The summed E-state index contributed by atoms with van der Waals surface area (Å²) in [7, 11) is 0. The normalized spacial score (nSPS) is 17.6. The second-order valence-electron chi connectivity index (χ2n) is 7.27. The van der Waals surface area contributed by atoms with Gasteiger partial charge in [-0.3, -0.25) is 14.5 Å². The summed E-state index contributed by atoms with van der Waals surface area (Å²) < 4.78 is 1.52. The quantitative estimate of drug-likeness (QED) is 0.406. The van der Waals surface area contributed by atoms with Gasteiger partial charge in [0.2, 0.25) is 5.91 Å². The van der Waals surface area contributed by atoms with Crippen LogP contribution in [0, 0.1) is 0 Å². The number of thiocarbonyl (C=S) groups is 1. The maximum atomic E-state index is 12.8. The lowest BCUT2D eigenvalue weighted by Crippen LogP contribution is -2.36. The van der Waals surface area contributed by atoms with E-state index in [1.54, 1.807) is 4.90 Å².